The van der Waals surface area contributed by atoms with E-state index in [2.05, 4.69) is 203 Å². The Kier molecular flexibility index (Phi) is 24.6. The van der Waals surface area contributed by atoms with E-state index >= 15 is 0 Å². The summed E-state index contributed by atoms with van der Waals surface area (Å²) in [7, 11) is 0. The molecule has 19 rings (SSSR count). The van der Waals surface area contributed by atoms with Gasteiger partial charge in [-0.05, 0) is 235 Å². The molecule has 123 heavy (non-hydrogen) atoms. The van der Waals surface area contributed by atoms with Crippen LogP contribution in [-0.4, -0.2) is 176 Å². The SMILES string of the molecule is Cc1cc2nc3c(=O)[nH]c(=O)nc-3n(CC3CCCCN3Cc3ccccc3)c2cc1C.Cc1cc2nc3c(=O)[nH]c(=O)nc-3n(CCN3CCC(c4ccccc4)CC3)c2cc1C.Cc1cc2nc3c(=O)[nH]c(=O)nc-3n(CCN3CCc4ccccc4CC3)c2cc1C.Cc1cc2nc3c(=O)[nH]c(=O)nc-3n(CCNC[C@@H]3CNC(=O)O3)c2cc1C. The molecule has 1 unspecified atom stereocenters. The maximum atomic E-state index is 12.6. The van der Waals surface area contributed by atoms with E-state index in [0.29, 0.717) is 74.7 Å². The predicted molar refractivity (Wildman–Crippen MR) is 473 cm³/mol. The summed E-state index contributed by atoms with van der Waals surface area (Å²) in [6.45, 7) is 27.7. The van der Waals surface area contributed by atoms with Crippen LogP contribution < -0.4 is 55.6 Å². The Morgan fingerprint density at radius 2 is 0.780 bits per heavy atom. The minimum atomic E-state index is -0.701. The molecule has 12 heterocycles. The van der Waals surface area contributed by atoms with Crippen molar-refractivity contribution in [3.63, 3.8) is 0 Å². The Morgan fingerprint density at radius 1 is 0.398 bits per heavy atom. The highest BCUT2D eigenvalue weighted by molar-refractivity contribution is 5.84. The zero-order chi connectivity index (χ0) is 85.9. The van der Waals surface area contributed by atoms with E-state index < -0.39 is 51.1 Å². The average molecular weight is 1660 g/mol. The van der Waals surface area contributed by atoms with Crippen molar-refractivity contribution in [2.75, 3.05) is 65.4 Å². The number of likely N-dealkylation sites (tertiary alicyclic amines) is 2. The van der Waals surface area contributed by atoms with Gasteiger partial charge < -0.3 is 43.4 Å². The van der Waals surface area contributed by atoms with E-state index in [9.17, 15) is 43.2 Å². The van der Waals surface area contributed by atoms with E-state index in [4.69, 9.17) is 4.74 Å². The van der Waals surface area contributed by atoms with Gasteiger partial charge in [0.1, 0.15) is 6.10 Å². The number of fused-ring (bicyclic) bond motifs is 9. The highest BCUT2D eigenvalue weighted by Gasteiger charge is 2.30. The zero-order valence-corrected chi connectivity index (χ0v) is 70.3. The first kappa shape index (κ1) is 83.4. The molecule has 2 atom stereocenters. The number of carbonyl (C=O) groups excluding carboxylic acids is 1. The molecule has 7 aromatic carbocycles. The molecule has 12 aliphatic heterocycles. The number of aromatic amines is 4. The van der Waals surface area contributed by atoms with Gasteiger partial charge in [0.05, 0.1) is 50.7 Å². The molecule has 7 aromatic rings. The molecule has 3 saturated heterocycles. The van der Waals surface area contributed by atoms with Gasteiger partial charge in [-0.15, -0.1) is 0 Å². The number of cyclic esters (lactones) is 1. The first-order valence-corrected chi connectivity index (χ1v) is 42.1. The first-order valence-electron chi connectivity index (χ1n) is 42.1. The van der Waals surface area contributed by atoms with Gasteiger partial charge >= 0.3 is 28.9 Å². The Balaban J connectivity index is 0.000000122. The van der Waals surface area contributed by atoms with Crippen molar-refractivity contribution >= 4 is 50.2 Å². The Hall–Kier alpha value is -13.2. The molecule has 12 aliphatic rings. The van der Waals surface area contributed by atoms with E-state index in [0.717, 1.165) is 174 Å². The van der Waals surface area contributed by atoms with E-state index in [1.54, 1.807) is 0 Å². The lowest BCUT2D eigenvalue weighted by Gasteiger charge is -2.37. The van der Waals surface area contributed by atoms with Gasteiger partial charge in [-0.2, -0.15) is 19.9 Å². The second kappa shape index (κ2) is 36.2. The quantitative estimate of drug-likeness (QED) is 0.0389. The lowest BCUT2D eigenvalue weighted by molar-refractivity contribution is 0.126. The van der Waals surface area contributed by atoms with Gasteiger partial charge in [0, 0.05) is 78.0 Å². The van der Waals surface area contributed by atoms with Crippen molar-refractivity contribution < 1.29 is 9.53 Å². The van der Waals surface area contributed by atoms with Crippen molar-refractivity contribution in [2.24, 2.45) is 0 Å². The molecule has 1 amide bonds. The van der Waals surface area contributed by atoms with Gasteiger partial charge in [-0.1, -0.05) is 91.3 Å². The second-order valence-electron chi connectivity index (χ2n) is 32.7. The molecular weight excluding hydrogens is 1560 g/mol. The van der Waals surface area contributed by atoms with Crippen LogP contribution in [0.5, 0.6) is 0 Å². The number of H-pyrrole nitrogens is 4. The number of ether oxygens (including phenoxy) is 1. The number of piperidine rings is 2. The number of alkyl carbamates (subject to hydrolysis) is 1. The van der Waals surface area contributed by atoms with Gasteiger partial charge in [0.15, 0.2) is 46.1 Å². The fourth-order valence-electron chi connectivity index (χ4n) is 17.2. The Labute approximate surface area is 705 Å². The Morgan fingerprint density at radius 3 is 1.20 bits per heavy atom. The highest BCUT2D eigenvalue weighted by Crippen LogP contribution is 2.33. The molecule has 31 nitrogen and oxygen atoms in total. The maximum absolute atomic E-state index is 12.6. The molecule has 3 fully saturated rings. The first-order chi connectivity index (χ1) is 59.4. The maximum Gasteiger partial charge on any atom is 0.407 e. The van der Waals surface area contributed by atoms with Gasteiger partial charge in [0.25, 0.3) is 22.2 Å². The number of rotatable bonds is 16. The standard InChI is InChI=1S/2C25H27N5O2.C24H25N5O2.C18H20N6O4/c1-16-12-20-21(13-17(16)2)30(23-22(26-20)24(31)28-25(32)27-23)15-19-10-6-7-11-29(19)14-18-8-4-3-5-9-18;1-16-14-20-21(15-17(16)2)30(23-22(26-20)24(31)28-25(32)27-23)13-12-29-10-8-19(9-11-29)18-6-4-3-5-7-18;1-15-13-19-20(14-16(15)2)29(22-21(25-19)23(30)27-24(31)26-22)12-11-28-9-7-17-5-3-4-6-18(17)8-10-28;1-9-5-12-13(6-10(9)2)24(4-3-19-7-11-8-20-18(27)28-11)15-14(21-12)16(25)23-17(26)22-15/h3-5,8-9,12-13,19H,6-7,10-11,14-15H2,1-2H3,(H,28,31,32);3-7,14-15,19H,8-13H2,1-2H3,(H,28,31,32);3-6,13-14H,7-12H2,1-2H3,(H,27,30,31);5-6,11,19H,3-4,7-8H2,1-2H3,(H,20,27)(H,23,25,26)/t;;;11-/m...1/s1. The second-order valence-corrected chi connectivity index (χ2v) is 32.7. The summed E-state index contributed by atoms with van der Waals surface area (Å²) in [5.41, 5.74) is 17.0. The van der Waals surface area contributed by atoms with Crippen LogP contribution in [0.15, 0.2) is 172 Å². The molecule has 0 spiro atoms. The van der Waals surface area contributed by atoms with Gasteiger partial charge in [-0.25, -0.2) is 43.9 Å². The molecule has 0 aromatic heterocycles. The molecule has 31 heteroatoms. The zero-order valence-electron chi connectivity index (χ0n) is 70.3. The smallest absolute Gasteiger partial charge is 0.407 e. The predicted octanol–water partition coefficient (Wildman–Crippen LogP) is 8.54. The lowest BCUT2D eigenvalue weighted by Crippen LogP contribution is -2.42. The van der Waals surface area contributed by atoms with Crippen molar-refractivity contribution in [3.05, 3.63) is 284 Å². The normalized spacial score (nSPS) is 16.0. The van der Waals surface area contributed by atoms with E-state index in [1.165, 1.54) is 28.7 Å². The molecular formula is C92H99N21O10. The largest absolute Gasteiger partial charge is 0.443 e. The third-order valence-corrected chi connectivity index (χ3v) is 24.6. The van der Waals surface area contributed by atoms with Crippen molar-refractivity contribution in [3.8, 4) is 46.1 Å². The molecule has 0 radical (unpaired) electrons. The number of hydrogen-bond donors (Lipinski definition) is 6. The number of amides is 1. The summed E-state index contributed by atoms with van der Waals surface area (Å²) in [4.78, 5) is 159. The molecule has 0 bridgehead atoms. The van der Waals surface area contributed by atoms with Crippen LogP contribution in [0.4, 0.5) is 4.79 Å². The summed E-state index contributed by atoms with van der Waals surface area (Å²) >= 11 is 0. The fourth-order valence-corrected chi connectivity index (χ4v) is 17.2. The van der Waals surface area contributed by atoms with Crippen LogP contribution >= 0.6 is 0 Å². The van der Waals surface area contributed by atoms with Crippen molar-refractivity contribution in [2.45, 2.75) is 151 Å². The monoisotopic (exact) mass is 1660 g/mol. The molecule has 632 valence electrons. The summed E-state index contributed by atoms with van der Waals surface area (Å²) in [6, 6.07) is 46.3. The highest BCUT2D eigenvalue weighted by atomic mass is 16.6. The van der Waals surface area contributed by atoms with Crippen molar-refractivity contribution in [1.82, 2.24) is 103 Å². The number of hydrogen-bond acceptors (Lipinski definition) is 22. The molecule has 6 N–H and O–H groups in total. The summed E-state index contributed by atoms with van der Waals surface area (Å²) < 4.78 is 12.9. The third-order valence-electron chi connectivity index (χ3n) is 24.6. The number of carbonyl (C=O) groups is 1. The number of aromatic nitrogens is 16. The van der Waals surface area contributed by atoms with E-state index in [1.807, 2.05) is 89.3 Å². The molecule has 0 aliphatic carbocycles. The van der Waals surface area contributed by atoms with Crippen LogP contribution in [0.1, 0.15) is 105 Å². The summed E-state index contributed by atoms with van der Waals surface area (Å²) in [5, 5.41) is 5.83. The minimum Gasteiger partial charge on any atom is -0.443 e. The topological polar surface area (TPSA) is 383 Å². The van der Waals surface area contributed by atoms with Crippen LogP contribution in [0, 0.1) is 55.4 Å². The number of nitrogens with one attached hydrogen (secondary N) is 6. The van der Waals surface area contributed by atoms with Crippen molar-refractivity contribution in [1.29, 1.82) is 0 Å². The molecule has 0 saturated carbocycles. The minimum absolute atomic E-state index is 0.129. The average Bonchev–Trinajstić information content (AvgIpc) is 0.843. The number of nitrogens with zero attached hydrogens (tertiary/aromatic N) is 15. The van der Waals surface area contributed by atoms with Crippen LogP contribution in [0.25, 0.3) is 90.2 Å². The summed E-state index contributed by atoms with van der Waals surface area (Å²) in [6.07, 6.45) is 7.08. The van der Waals surface area contributed by atoms with Gasteiger partial charge in [0.2, 0.25) is 0 Å². The summed E-state index contributed by atoms with van der Waals surface area (Å²) in [5.74, 6) is 1.92. The lowest BCUT2D eigenvalue weighted by atomic mass is 9.89. The fraction of sp³-hybridized carbons (Fsp3) is 0.359. The van der Waals surface area contributed by atoms with E-state index in [-0.39, 0.29) is 40.7 Å². The van der Waals surface area contributed by atoms with Crippen LogP contribution in [-0.2, 0) is 50.3 Å². The van der Waals surface area contributed by atoms with Gasteiger partial charge in [-0.3, -0.25) is 44.0 Å². The Bertz CT molecular complexity index is 6840. The third kappa shape index (κ3) is 18.5. The number of aryl methyl sites for hydroxylation is 8. The van der Waals surface area contributed by atoms with Crippen LogP contribution in [0.3, 0.4) is 0 Å². The van der Waals surface area contributed by atoms with Crippen LogP contribution in [0.2, 0.25) is 0 Å². The number of benzene rings is 7.